The molecule has 4 rings (SSSR count). The number of benzene rings is 1. The molecule has 1 aromatic carbocycles. The molecule has 0 saturated heterocycles. The van der Waals surface area contributed by atoms with Crippen molar-refractivity contribution in [3.8, 4) is 16.4 Å². The molecule has 0 aliphatic carbocycles. The van der Waals surface area contributed by atoms with E-state index in [1.54, 1.807) is 28.3 Å². The van der Waals surface area contributed by atoms with Crippen LogP contribution in [0.5, 0.6) is 0 Å². The topological polar surface area (TPSA) is 56.7 Å². The molecule has 24 heavy (non-hydrogen) atoms. The maximum Gasteiger partial charge on any atom is 0.269 e. The van der Waals surface area contributed by atoms with Gasteiger partial charge in [-0.15, -0.1) is 11.3 Å². The van der Waals surface area contributed by atoms with Crippen LogP contribution in [0.25, 0.3) is 27.5 Å². The lowest BCUT2D eigenvalue weighted by atomic mass is 10.3. The molecule has 0 aliphatic rings. The Hall–Kier alpha value is -2.70. The van der Waals surface area contributed by atoms with Gasteiger partial charge in [0.15, 0.2) is 0 Å². The van der Waals surface area contributed by atoms with Crippen molar-refractivity contribution < 1.29 is 4.52 Å². The van der Waals surface area contributed by atoms with E-state index in [-0.39, 0.29) is 5.89 Å². The summed E-state index contributed by atoms with van der Waals surface area (Å²) in [6.07, 6.45) is 5.36. The first-order valence-corrected chi connectivity index (χ1v) is 8.40. The van der Waals surface area contributed by atoms with E-state index in [1.807, 2.05) is 54.0 Å². The van der Waals surface area contributed by atoms with Gasteiger partial charge in [0.25, 0.3) is 5.89 Å². The lowest BCUT2D eigenvalue weighted by Gasteiger charge is -1.98. The standard InChI is InChI=1S/C17H11ClN4OS/c18-14(17-20-16(21-23-17)15-7-4-8-24-15)9-12-10-19-22(11-12)13-5-2-1-3-6-13/h1-11H/b14-9-. The van der Waals surface area contributed by atoms with E-state index < -0.39 is 0 Å². The summed E-state index contributed by atoms with van der Waals surface area (Å²) in [6.45, 7) is 0. The minimum absolute atomic E-state index is 0.285. The lowest BCUT2D eigenvalue weighted by molar-refractivity contribution is 0.410. The third-order valence-corrected chi connectivity index (χ3v) is 4.43. The number of hydrogen-bond acceptors (Lipinski definition) is 5. The monoisotopic (exact) mass is 354 g/mol. The Balaban J connectivity index is 1.59. The van der Waals surface area contributed by atoms with Gasteiger partial charge in [-0.3, -0.25) is 0 Å². The molecule has 0 unspecified atom stereocenters. The number of halogens is 1. The third kappa shape index (κ3) is 3.02. The van der Waals surface area contributed by atoms with Crippen LogP contribution in [0.3, 0.4) is 0 Å². The molecular weight excluding hydrogens is 344 g/mol. The highest BCUT2D eigenvalue weighted by Crippen LogP contribution is 2.26. The van der Waals surface area contributed by atoms with E-state index in [4.69, 9.17) is 16.1 Å². The van der Waals surface area contributed by atoms with E-state index in [1.165, 1.54) is 0 Å². The molecule has 118 valence electrons. The largest absolute Gasteiger partial charge is 0.333 e. The van der Waals surface area contributed by atoms with Gasteiger partial charge in [0.2, 0.25) is 5.82 Å². The number of para-hydroxylation sites is 1. The highest BCUT2D eigenvalue weighted by molar-refractivity contribution is 7.13. The van der Waals surface area contributed by atoms with Crippen molar-refractivity contribution >= 4 is 34.0 Å². The van der Waals surface area contributed by atoms with Crippen LogP contribution in [0.1, 0.15) is 11.5 Å². The third-order valence-electron chi connectivity index (χ3n) is 3.29. The maximum atomic E-state index is 6.30. The first-order chi connectivity index (χ1) is 11.8. The van der Waals surface area contributed by atoms with Crippen molar-refractivity contribution in [1.82, 2.24) is 19.9 Å². The fourth-order valence-electron chi connectivity index (χ4n) is 2.17. The van der Waals surface area contributed by atoms with Crippen molar-refractivity contribution in [3.63, 3.8) is 0 Å². The molecule has 0 radical (unpaired) electrons. The predicted octanol–water partition coefficient (Wildman–Crippen LogP) is 4.72. The second kappa shape index (κ2) is 6.43. The second-order valence-electron chi connectivity index (χ2n) is 4.95. The van der Waals surface area contributed by atoms with Gasteiger partial charge in [0, 0.05) is 11.8 Å². The summed E-state index contributed by atoms with van der Waals surface area (Å²) in [6, 6.07) is 13.7. The summed E-state index contributed by atoms with van der Waals surface area (Å²) in [5, 5.41) is 10.6. The summed E-state index contributed by atoms with van der Waals surface area (Å²) in [5.74, 6) is 0.819. The van der Waals surface area contributed by atoms with Crippen LogP contribution in [-0.2, 0) is 0 Å². The lowest BCUT2D eigenvalue weighted by Crippen LogP contribution is -1.92. The average Bonchev–Trinajstić information content (AvgIpc) is 3.36. The molecule has 4 aromatic rings. The van der Waals surface area contributed by atoms with Crippen LogP contribution in [0.15, 0.2) is 64.8 Å². The van der Waals surface area contributed by atoms with Crippen LogP contribution >= 0.6 is 22.9 Å². The molecule has 0 aliphatic heterocycles. The molecule has 0 N–H and O–H groups in total. The summed E-state index contributed by atoms with van der Waals surface area (Å²) in [7, 11) is 0. The number of aromatic nitrogens is 4. The smallest absolute Gasteiger partial charge is 0.269 e. The van der Waals surface area contributed by atoms with Gasteiger partial charge in [0.05, 0.1) is 16.8 Å². The first-order valence-electron chi connectivity index (χ1n) is 7.15. The normalized spacial score (nSPS) is 11.8. The Morgan fingerprint density at radius 3 is 2.83 bits per heavy atom. The first kappa shape index (κ1) is 14.9. The minimum Gasteiger partial charge on any atom is -0.333 e. The molecule has 0 spiro atoms. The van der Waals surface area contributed by atoms with Crippen LogP contribution < -0.4 is 0 Å². The quantitative estimate of drug-likeness (QED) is 0.532. The maximum absolute atomic E-state index is 6.30. The van der Waals surface area contributed by atoms with Crippen molar-refractivity contribution in [1.29, 1.82) is 0 Å². The fourth-order valence-corrected chi connectivity index (χ4v) is 3.02. The van der Waals surface area contributed by atoms with Crippen molar-refractivity contribution in [2.75, 3.05) is 0 Å². The highest BCUT2D eigenvalue weighted by Gasteiger charge is 2.12. The predicted molar refractivity (Wildman–Crippen MR) is 94.9 cm³/mol. The van der Waals surface area contributed by atoms with E-state index in [2.05, 4.69) is 15.2 Å². The molecule has 7 heteroatoms. The molecule has 0 bridgehead atoms. The highest BCUT2D eigenvalue weighted by atomic mass is 35.5. The summed E-state index contributed by atoms with van der Waals surface area (Å²) >= 11 is 7.85. The van der Waals surface area contributed by atoms with E-state index in [9.17, 15) is 0 Å². The van der Waals surface area contributed by atoms with Gasteiger partial charge in [-0.2, -0.15) is 10.1 Å². The van der Waals surface area contributed by atoms with Crippen LogP contribution in [0, 0.1) is 0 Å². The Bertz CT molecular complexity index is 973. The van der Waals surface area contributed by atoms with Gasteiger partial charge in [-0.05, 0) is 29.7 Å². The Kier molecular flexibility index (Phi) is 3.98. The number of hydrogen-bond donors (Lipinski definition) is 0. The average molecular weight is 355 g/mol. The summed E-state index contributed by atoms with van der Waals surface area (Å²) in [4.78, 5) is 5.26. The van der Waals surface area contributed by atoms with Crippen LogP contribution in [0.2, 0.25) is 0 Å². The number of nitrogens with zero attached hydrogens (tertiary/aromatic N) is 4. The van der Waals surface area contributed by atoms with Crippen molar-refractivity contribution in [3.05, 3.63) is 71.7 Å². The molecule has 0 fully saturated rings. The Morgan fingerprint density at radius 2 is 2.04 bits per heavy atom. The number of rotatable bonds is 4. The van der Waals surface area contributed by atoms with E-state index >= 15 is 0 Å². The molecular formula is C17H11ClN4OS. The fraction of sp³-hybridized carbons (Fsp3) is 0. The van der Waals surface area contributed by atoms with Gasteiger partial charge in [-0.25, -0.2) is 4.68 Å². The van der Waals surface area contributed by atoms with Crippen molar-refractivity contribution in [2.24, 2.45) is 0 Å². The van der Waals surface area contributed by atoms with Gasteiger partial charge in [-0.1, -0.05) is 41.0 Å². The van der Waals surface area contributed by atoms with Gasteiger partial charge in [0.1, 0.15) is 5.03 Å². The second-order valence-corrected chi connectivity index (χ2v) is 6.30. The molecule has 0 saturated carbocycles. The summed E-state index contributed by atoms with van der Waals surface area (Å²) < 4.78 is 7.01. The molecule has 0 atom stereocenters. The zero-order chi connectivity index (χ0) is 16.4. The molecule has 5 nitrogen and oxygen atoms in total. The van der Waals surface area contributed by atoms with Gasteiger partial charge < -0.3 is 4.52 Å². The zero-order valence-electron chi connectivity index (χ0n) is 12.3. The summed E-state index contributed by atoms with van der Waals surface area (Å²) in [5.41, 5.74) is 1.82. The molecule has 3 heterocycles. The molecule has 0 amide bonds. The molecule has 3 aromatic heterocycles. The van der Waals surface area contributed by atoms with Crippen LogP contribution in [0.4, 0.5) is 0 Å². The Labute approximate surface area is 146 Å². The SMILES string of the molecule is Cl/C(=C\c1cnn(-c2ccccc2)c1)c1nc(-c2cccs2)no1. The van der Waals surface area contributed by atoms with Crippen LogP contribution in [-0.4, -0.2) is 19.9 Å². The van der Waals surface area contributed by atoms with E-state index in [0.29, 0.717) is 10.9 Å². The minimum atomic E-state index is 0.285. The van der Waals surface area contributed by atoms with Gasteiger partial charge >= 0.3 is 0 Å². The Morgan fingerprint density at radius 1 is 1.17 bits per heavy atom. The number of thiophene rings is 1. The van der Waals surface area contributed by atoms with Crippen molar-refractivity contribution in [2.45, 2.75) is 0 Å². The van der Waals surface area contributed by atoms with E-state index in [0.717, 1.165) is 16.1 Å². The zero-order valence-corrected chi connectivity index (χ0v) is 13.9.